The molecule has 2 nitrogen and oxygen atoms in total. The smallest absolute Gasteiger partial charge is 0.0404 e. The van der Waals surface area contributed by atoms with Crippen molar-refractivity contribution >= 4 is 5.69 Å². The molecule has 0 atom stereocenters. The maximum absolute atomic E-state index is 2.54. The highest BCUT2D eigenvalue weighted by Gasteiger charge is 2.25. The number of fused-ring (bicyclic) bond motifs is 1. The Morgan fingerprint density at radius 3 is 2.41 bits per heavy atom. The van der Waals surface area contributed by atoms with E-state index in [1.165, 1.54) is 11.3 Å². The molecule has 0 spiro atoms. The lowest BCUT2D eigenvalue weighted by Crippen LogP contribution is -2.47. The van der Waals surface area contributed by atoms with E-state index in [9.17, 15) is 0 Å². The molecule has 2 rings (SSSR count). The zero-order chi connectivity index (χ0) is 12.5. The van der Waals surface area contributed by atoms with Crippen molar-refractivity contribution < 1.29 is 0 Å². The van der Waals surface area contributed by atoms with E-state index in [4.69, 9.17) is 0 Å². The number of para-hydroxylation sites is 1. The molecular weight excluding hydrogens is 208 g/mol. The van der Waals surface area contributed by atoms with E-state index < -0.39 is 0 Å². The Hall–Kier alpha value is -1.02. The van der Waals surface area contributed by atoms with Crippen LogP contribution in [0.25, 0.3) is 0 Å². The highest BCUT2D eigenvalue weighted by atomic mass is 15.2. The Labute approximate surface area is 105 Å². The largest absolute Gasteiger partial charge is 0.365 e. The van der Waals surface area contributed by atoms with Gasteiger partial charge < -0.3 is 9.80 Å². The van der Waals surface area contributed by atoms with Gasteiger partial charge in [0.05, 0.1) is 0 Å². The third-order valence-corrected chi connectivity index (χ3v) is 3.56. The van der Waals surface area contributed by atoms with Crippen LogP contribution in [0.2, 0.25) is 0 Å². The minimum absolute atomic E-state index is 0.189. The molecule has 0 N–H and O–H groups in total. The molecule has 1 heterocycles. The summed E-state index contributed by atoms with van der Waals surface area (Å²) in [7, 11) is 2.22. The second-order valence-electron chi connectivity index (χ2n) is 6.00. The molecule has 0 unspecified atom stereocenters. The zero-order valence-corrected chi connectivity index (χ0v) is 11.5. The van der Waals surface area contributed by atoms with Gasteiger partial charge in [-0.1, -0.05) is 18.2 Å². The molecule has 0 saturated heterocycles. The lowest BCUT2D eigenvalue weighted by atomic mass is 10.00. The lowest BCUT2D eigenvalue weighted by molar-refractivity contribution is 0.325. The Morgan fingerprint density at radius 1 is 1.00 bits per heavy atom. The normalized spacial score (nSPS) is 18.5. The molecule has 1 aromatic carbocycles. The standard InChI is InChI=1S/C15H24N2/c1-15(2,3)17-12-11-16(4)10-9-13-7-5-6-8-14(13)17/h5-8H,9-12H2,1-4H3. The fourth-order valence-corrected chi connectivity index (χ4v) is 2.50. The second kappa shape index (κ2) is 4.69. The summed E-state index contributed by atoms with van der Waals surface area (Å²) < 4.78 is 0. The van der Waals surface area contributed by atoms with Crippen LogP contribution < -0.4 is 4.90 Å². The van der Waals surface area contributed by atoms with Gasteiger partial charge in [0.1, 0.15) is 0 Å². The molecule has 0 aliphatic carbocycles. The van der Waals surface area contributed by atoms with Crippen LogP contribution in [0.5, 0.6) is 0 Å². The molecule has 94 valence electrons. The van der Waals surface area contributed by atoms with Gasteiger partial charge in [-0.05, 0) is 45.9 Å². The molecule has 1 aromatic rings. The van der Waals surface area contributed by atoms with Gasteiger partial charge in [-0.3, -0.25) is 0 Å². The quantitative estimate of drug-likeness (QED) is 0.678. The Kier molecular flexibility index (Phi) is 3.43. The average molecular weight is 232 g/mol. The number of anilines is 1. The number of hydrogen-bond donors (Lipinski definition) is 0. The maximum Gasteiger partial charge on any atom is 0.0404 e. The number of benzene rings is 1. The van der Waals surface area contributed by atoms with Gasteiger partial charge in [0, 0.05) is 30.9 Å². The first-order chi connectivity index (χ1) is 7.98. The third kappa shape index (κ3) is 2.81. The molecule has 1 aliphatic heterocycles. The van der Waals surface area contributed by atoms with Crippen LogP contribution in [0.15, 0.2) is 24.3 Å². The van der Waals surface area contributed by atoms with Crippen molar-refractivity contribution in [2.75, 3.05) is 31.6 Å². The summed E-state index contributed by atoms with van der Waals surface area (Å²) in [4.78, 5) is 4.96. The zero-order valence-electron chi connectivity index (χ0n) is 11.5. The number of hydrogen-bond acceptors (Lipinski definition) is 2. The molecule has 1 aliphatic rings. The van der Waals surface area contributed by atoms with Crippen LogP contribution in [0, 0.1) is 0 Å². The van der Waals surface area contributed by atoms with Crippen molar-refractivity contribution in [3.8, 4) is 0 Å². The number of likely N-dealkylation sites (N-methyl/N-ethyl adjacent to an activating group) is 1. The maximum atomic E-state index is 2.54. The van der Waals surface area contributed by atoms with E-state index in [1.54, 1.807) is 0 Å². The van der Waals surface area contributed by atoms with Crippen molar-refractivity contribution in [2.45, 2.75) is 32.7 Å². The van der Waals surface area contributed by atoms with Crippen LogP contribution in [0.3, 0.4) is 0 Å². The summed E-state index contributed by atoms with van der Waals surface area (Å²) in [6, 6.07) is 8.85. The van der Waals surface area contributed by atoms with Crippen molar-refractivity contribution in [3.05, 3.63) is 29.8 Å². The molecule has 0 saturated carbocycles. The van der Waals surface area contributed by atoms with Crippen molar-refractivity contribution in [3.63, 3.8) is 0 Å². The molecule has 0 radical (unpaired) electrons. The van der Waals surface area contributed by atoms with Gasteiger partial charge in [0.2, 0.25) is 0 Å². The molecular formula is C15H24N2. The van der Waals surface area contributed by atoms with E-state index in [1.807, 2.05) is 0 Å². The Bertz CT molecular complexity index is 379. The van der Waals surface area contributed by atoms with E-state index in [2.05, 4.69) is 61.9 Å². The van der Waals surface area contributed by atoms with E-state index in [0.717, 1.165) is 26.1 Å². The first-order valence-corrected chi connectivity index (χ1v) is 6.52. The monoisotopic (exact) mass is 232 g/mol. The molecule has 0 aromatic heterocycles. The van der Waals surface area contributed by atoms with Gasteiger partial charge in [-0.25, -0.2) is 0 Å². The van der Waals surface area contributed by atoms with Gasteiger partial charge in [-0.15, -0.1) is 0 Å². The predicted octanol–water partition coefficient (Wildman–Crippen LogP) is 2.78. The Balaban J connectivity index is 2.39. The lowest BCUT2D eigenvalue weighted by Gasteiger charge is -2.41. The topological polar surface area (TPSA) is 6.48 Å². The van der Waals surface area contributed by atoms with E-state index in [0.29, 0.717) is 0 Å². The average Bonchev–Trinajstić information content (AvgIpc) is 2.23. The summed E-state index contributed by atoms with van der Waals surface area (Å²) in [6.45, 7) is 10.3. The summed E-state index contributed by atoms with van der Waals surface area (Å²) in [5.41, 5.74) is 3.09. The fraction of sp³-hybridized carbons (Fsp3) is 0.600. The predicted molar refractivity (Wildman–Crippen MR) is 74.7 cm³/mol. The summed E-state index contributed by atoms with van der Waals surface area (Å²) >= 11 is 0. The molecule has 0 amide bonds. The molecule has 17 heavy (non-hydrogen) atoms. The third-order valence-electron chi connectivity index (χ3n) is 3.56. The Morgan fingerprint density at radius 2 is 1.71 bits per heavy atom. The second-order valence-corrected chi connectivity index (χ2v) is 6.00. The molecule has 0 fully saturated rings. The molecule has 2 heteroatoms. The van der Waals surface area contributed by atoms with Crippen LogP contribution in [-0.4, -0.2) is 37.1 Å². The van der Waals surface area contributed by atoms with Crippen LogP contribution in [0.4, 0.5) is 5.69 Å². The van der Waals surface area contributed by atoms with Crippen molar-refractivity contribution in [2.24, 2.45) is 0 Å². The minimum atomic E-state index is 0.189. The summed E-state index contributed by atoms with van der Waals surface area (Å²) in [5.74, 6) is 0. The summed E-state index contributed by atoms with van der Waals surface area (Å²) in [6.07, 6.45) is 1.15. The van der Waals surface area contributed by atoms with Gasteiger partial charge in [-0.2, -0.15) is 0 Å². The summed E-state index contributed by atoms with van der Waals surface area (Å²) in [5, 5.41) is 0. The minimum Gasteiger partial charge on any atom is -0.365 e. The van der Waals surface area contributed by atoms with Gasteiger partial charge >= 0.3 is 0 Å². The van der Waals surface area contributed by atoms with Crippen LogP contribution in [0.1, 0.15) is 26.3 Å². The van der Waals surface area contributed by atoms with Crippen LogP contribution in [-0.2, 0) is 6.42 Å². The highest BCUT2D eigenvalue weighted by molar-refractivity contribution is 5.55. The highest BCUT2D eigenvalue weighted by Crippen LogP contribution is 2.28. The van der Waals surface area contributed by atoms with Crippen LogP contribution >= 0.6 is 0 Å². The number of nitrogens with zero attached hydrogens (tertiary/aromatic N) is 2. The van der Waals surface area contributed by atoms with Crippen molar-refractivity contribution in [1.29, 1.82) is 0 Å². The molecule has 0 bridgehead atoms. The van der Waals surface area contributed by atoms with E-state index >= 15 is 0 Å². The van der Waals surface area contributed by atoms with Crippen molar-refractivity contribution in [1.82, 2.24) is 4.90 Å². The van der Waals surface area contributed by atoms with Gasteiger partial charge in [0.15, 0.2) is 0 Å². The fourth-order valence-electron chi connectivity index (χ4n) is 2.50. The first kappa shape index (κ1) is 12.4. The first-order valence-electron chi connectivity index (χ1n) is 6.52. The SMILES string of the molecule is CN1CCc2ccccc2N(C(C)(C)C)CC1. The van der Waals surface area contributed by atoms with E-state index in [-0.39, 0.29) is 5.54 Å². The number of rotatable bonds is 0. The van der Waals surface area contributed by atoms with Gasteiger partial charge in [0.25, 0.3) is 0 Å².